The van der Waals surface area contributed by atoms with E-state index in [0.717, 1.165) is 12.0 Å². The topological polar surface area (TPSA) is 122 Å². The van der Waals surface area contributed by atoms with Crippen LogP contribution in [-0.2, 0) is 16.1 Å². The lowest BCUT2D eigenvalue weighted by Crippen LogP contribution is -2.45. The summed E-state index contributed by atoms with van der Waals surface area (Å²) in [5.74, 6) is -0.651. The third-order valence-corrected chi connectivity index (χ3v) is 5.38. The van der Waals surface area contributed by atoms with E-state index in [9.17, 15) is 18.8 Å². The van der Waals surface area contributed by atoms with Gasteiger partial charge < -0.3 is 20.7 Å². The minimum Gasteiger partial charge on any atom is -0.383 e. The number of nitrogens with zero attached hydrogens (tertiary/aromatic N) is 2. The van der Waals surface area contributed by atoms with Gasteiger partial charge in [0.15, 0.2) is 0 Å². The van der Waals surface area contributed by atoms with E-state index in [1.54, 1.807) is 12.1 Å². The van der Waals surface area contributed by atoms with Crippen LogP contribution in [-0.4, -0.2) is 42.3 Å². The molecule has 0 radical (unpaired) electrons. The van der Waals surface area contributed by atoms with Crippen LogP contribution in [0.4, 0.5) is 15.9 Å². The van der Waals surface area contributed by atoms with Gasteiger partial charge in [0.25, 0.3) is 5.56 Å². The fraction of sp³-hybridized carbons (Fsp3) is 0.522. The number of carbonyl (C=O) groups is 1. The number of unbranched alkanes of at least 4 members (excludes halogenated alkanes) is 1. The Kier molecular flexibility index (Phi) is 9.65. The summed E-state index contributed by atoms with van der Waals surface area (Å²) in [7, 11) is 1.51. The Morgan fingerprint density at radius 3 is 2.52 bits per heavy atom. The number of ether oxygens (including phenoxy) is 1. The standard InChI is InChI=1S/C23H34FN5O4/c1-5-6-11-29-21(25)20(22(31)27-23(29)32)28(12-13-33-4)14-18(30)26-19(15(2)3)16-7-9-17(24)10-8-16/h7-10,15,19H,5-6,11-14,25H2,1-4H3,(H,26,30)(H,27,31,32). The molecule has 0 aliphatic rings. The Morgan fingerprint density at radius 2 is 1.94 bits per heavy atom. The first-order chi connectivity index (χ1) is 15.7. The van der Waals surface area contributed by atoms with Crippen molar-refractivity contribution in [2.24, 2.45) is 5.92 Å². The van der Waals surface area contributed by atoms with Gasteiger partial charge in [0, 0.05) is 20.2 Å². The molecule has 0 aliphatic carbocycles. The number of nitrogen functional groups attached to an aromatic ring is 1. The SMILES string of the molecule is CCCCn1c(N)c(N(CCOC)CC(=O)NC(c2ccc(F)cc2)C(C)C)c(=O)[nH]c1=O. The fourth-order valence-corrected chi connectivity index (χ4v) is 3.59. The molecule has 1 amide bonds. The van der Waals surface area contributed by atoms with Crippen LogP contribution in [0.5, 0.6) is 0 Å². The van der Waals surface area contributed by atoms with Crippen molar-refractivity contribution in [3.63, 3.8) is 0 Å². The van der Waals surface area contributed by atoms with Gasteiger partial charge in [0.1, 0.15) is 17.3 Å². The van der Waals surface area contributed by atoms with E-state index < -0.39 is 11.2 Å². The third kappa shape index (κ3) is 6.92. The molecule has 1 atom stereocenters. The van der Waals surface area contributed by atoms with Gasteiger partial charge >= 0.3 is 5.69 Å². The number of methoxy groups -OCH3 is 1. The Labute approximate surface area is 192 Å². The molecule has 1 unspecified atom stereocenters. The molecule has 1 heterocycles. The van der Waals surface area contributed by atoms with Crippen LogP contribution in [0.2, 0.25) is 0 Å². The van der Waals surface area contributed by atoms with E-state index in [1.807, 2.05) is 20.8 Å². The molecule has 0 saturated heterocycles. The number of carbonyl (C=O) groups excluding carboxylic acids is 1. The van der Waals surface area contributed by atoms with Gasteiger partial charge in [-0.25, -0.2) is 9.18 Å². The Hall–Kier alpha value is -3.14. The Balaban J connectivity index is 2.33. The van der Waals surface area contributed by atoms with E-state index in [4.69, 9.17) is 10.5 Å². The third-order valence-electron chi connectivity index (χ3n) is 5.38. The molecule has 1 aromatic heterocycles. The molecule has 0 fully saturated rings. The number of amides is 1. The first-order valence-electron chi connectivity index (χ1n) is 11.1. The highest BCUT2D eigenvalue weighted by molar-refractivity contribution is 5.83. The Bertz CT molecular complexity index is 1030. The highest BCUT2D eigenvalue weighted by Crippen LogP contribution is 2.22. The van der Waals surface area contributed by atoms with Crippen LogP contribution < -0.4 is 27.2 Å². The van der Waals surface area contributed by atoms with Crippen LogP contribution in [0, 0.1) is 11.7 Å². The molecule has 0 aliphatic heterocycles. The molecule has 0 saturated carbocycles. The van der Waals surface area contributed by atoms with Gasteiger partial charge in [-0.1, -0.05) is 39.3 Å². The number of hydrogen-bond donors (Lipinski definition) is 3. The zero-order chi connectivity index (χ0) is 24.5. The normalized spacial score (nSPS) is 12.1. The fourth-order valence-electron chi connectivity index (χ4n) is 3.59. The average Bonchev–Trinajstić information content (AvgIpc) is 2.76. The van der Waals surface area contributed by atoms with Crippen molar-refractivity contribution in [3.05, 3.63) is 56.5 Å². The van der Waals surface area contributed by atoms with Crippen LogP contribution >= 0.6 is 0 Å². The number of H-pyrrole nitrogens is 1. The van der Waals surface area contributed by atoms with Crippen molar-refractivity contribution >= 4 is 17.4 Å². The maximum absolute atomic E-state index is 13.3. The van der Waals surface area contributed by atoms with Gasteiger partial charge in [-0.3, -0.25) is 19.1 Å². The van der Waals surface area contributed by atoms with Gasteiger partial charge in [-0.05, 0) is 30.0 Å². The summed E-state index contributed by atoms with van der Waals surface area (Å²) in [5, 5.41) is 2.96. The predicted molar refractivity (Wildman–Crippen MR) is 127 cm³/mol. The molecule has 33 heavy (non-hydrogen) atoms. The summed E-state index contributed by atoms with van der Waals surface area (Å²) in [6.45, 7) is 6.52. The molecule has 0 spiro atoms. The van der Waals surface area contributed by atoms with E-state index in [2.05, 4.69) is 10.3 Å². The number of benzene rings is 1. The van der Waals surface area contributed by atoms with E-state index in [0.29, 0.717) is 13.0 Å². The molecular weight excluding hydrogens is 429 g/mol. The molecule has 182 valence electrons. The second-order valence-electron chi connectivity index (χ2n) is 8.25. The molecule has 2 aromatic rings. The molecule has 10 heteroatoms. The number of anilines is 2. The monoisotopic (exact) mass is 463 g/mol. The van der Waals surface area contributed by atoms with E-state index in [1.165, 1.54) is 28.7 Å². The Morgan fingerprint density at radius 1 is 1.27 bits per heavy atom. The summed E-state index contributed by atoms with van der Waals surface area (Å²) in [4.78, 5) is 41.7. The first-order valence-corrected chi connectivity index (χ1v) is 11.1. The van der Waals surface area contributed by atoms with E-state index >= 15 is 0 Å². The van der Waals surface area contributed by atoms with Crippen LogP contribution in [0.1, 0.15) is 45.2 Å². The maximum atomic E-state index is 13.3. The molecule has 9 nitrogen and oxygen atoms in total. The molecule has 4 N–H and O–H groups in total. The van der Waals surface area contributed by atoms with Crippen molar-refractivity contribution in [3.8, 4) is 0 Å². The summed E-state index contributed by atoms with van der Waals surface area (Å²) < 4.78 is 19.8. The van der Waals surface area contributed by atoms with Gasteiger partial charge in [-0.15, -0.1) is 0 Å². The number of aromatic amines is 1. The van der Waals surface area contributed by atoms with Crippen molar-refractivity contribution in [1.29, 1.82) is 0 Å². The second kappa shape index (κ2) is 12.2. The zero-order valence-electron chi connectivity index (χ0n) is 19.7. The number of nitrogens with one attached hydrogen (secondary N) is 2. The highest BCUT2D eigenvalue weighted by Gasteiger charge is 2.24. The molecule has 1 aromatic carbocycles. The minimum atomic E-state index is -0.659. The maximum Gasteiger partial charge on any atom is 0.330 e. The smallest absolute Gasteiger partial charge is 0.330 e. The lowest BCUT2D eigenvalue weighted by molar-refractivity contribution is -0.120. The molecule has 2 rings (SSSR count). The number of rotatable bonds is 12. The quantitative estimate of drug-likeness (QED) is 0.443. The number of nitrogens with two attached hydrogens (primary N) is 1. The van der Waals surface area contributed by atoms with Gasteiger partial charge in [-0.2, -0.15) is 0 Å². The van der Waals surface area contributed by atoms with Crippen molar-refractivity contribution in [2.75, 3.05) is 37.4 Å². The summed E-state index contributed by atoms with van der Waals surface area (Å²) >= 11 is 0. The lowest BCUT2D eigenvalue weighted by Gasteiger charge is -2.28. The number of hydrogen-bond acceptors (Lipinski definition) is 6. The summed E-state index contributed by atoms with van der Waals surface area (Å²) in [6, 6.07) is 5.62. The average molecular weight is 464 g/mol. The van der Waals surface area contributed by atoms with E-state index in [-0.39, 0.29) is 54.9 Å². The largest absolute Gasteiger partial charge is 0.383 e. The number of halogens is 1. The molecule has 0 bridgehead atoms. The molecular formula is C23H34FN5O4. The van der Waals surface area contributed by atoms with Crippen LogP contribution in [0.25, 0.3) is 0 Å². The lowest BCUT2D eigenvalue weighted by atomic mass is 9.96. The van der Waals surface area contributed by atoms with Crippen molar-refractivity contribution in [2.45, 2.75) is 46.2 Å². The number of aromatic nitrogens is 2. The highest BCUT2D eigenvalue weighted by atomic mass is 19.1. The summed E-state index contributed by atoms with van der Waals surface area (Å²) in [5.41, 5.74) is 5.81. The van der Waals surface area contributed by atoms with Crippen LogP contribution in [0.15, 0.2) is 33.9 Å². The van der Waals surface area contributed by atoms with Crippen molar-refractivity contribution in [1.82, 2.24) is 14.9 Å². The predicted octanol–water partition coefficient (Wildman–Crippen LogP) is 2.02. The summed E-state index contributed by atoms with van der Waals surface area (Å²) in [6.07, 6.45) is 1.55. The van der Waals surface area contributed by atoms with Gasteiger partial charge in [0.2, 0.25) is 5.91 Å². The first kappa shape index (κ1) is 26.1. The minimum absolute atomic E-state index is 0.0139. The zero-order valence-corrected chi connectivity index (χ0v) is 19.7. The van der Waals surface area contributed by atoms with Crippen molar-refractivity contribution < 1.29 is 13.9 Å². The van der Waals surface area contributed by atoms with Crippen LogP contribution in [0.3, 0.4) is 0 Å². The van der Waals surface area contributed by atoms with Gasteiger partial charge in [0.05, 0.1) is 19.2 Å². The second-order valence-corrected chi connectivity index (χ2v) is 8.25.